The highest BCUT2D eigenvalue weighted by molar-refractivity contribution is 7.89. The molecular formula is C10H20F3N3O2S. The molecule has 1 saturated heterocycles. The molecule has 0 spiro atoms. The second-order valence-electron chi connectivity index (χ2n) is 4.84. The molecule has 3 N–H and O–H groups in total. The molecule has 0 radical (unpaired) electrons. The number of likely N-dealkylation sites (tertiary alicyclic amines) is 1. The monoisotopic (exact) mass is 303 g/mol. The lowest BCUT2D eigenvalue weighted by Gasteiger charge is -2.32. The van der Waals surface area contributed by atoms with Crippen LogP contribution in [0.4, 0.5) is 13.2 Å². The Morgan fingerprint density at radius 2 is 1.84 bits per heavy atom. The SMILES string of the molecule is NS(=O)(=O)CCCNC1CCN(CC(F)(F)F)CC1. The van der Waals surface area contributed by atoms with Gasteiger partial charge in [0.1, 0.15) is 0 Å². The molecule has 9 heteroatoms. The van der Waals surface area contributed by atoms with Crippen LogP contribution in [-0.2, 0) is 10.0 Å². The minimum Gasteiger partial charge on any atom is -0.314 e. The summed E-state index contributed by atoms with van der Waals surface area (Å²) >= 11 is 0. The van der Waals surface area contributed by atoms with E-state index in [4.69, 9.17) is 5.14 Å². The van der Waals surface area contributed by atoms with Gasteiger partial charge in [-0.3, -0.25) is 4.90 Å². The lowest BCUT2D eigenvalue weighted by atomic mass is 10.1. The number of sulfonamides is 1. The van der Waals surface area contributed by atoms with Gasteiger partial charge in [0, 0.05) is 6.04 Å². The highest BCUT2D eigenvalue weighted by Gasteiger charge is 2.32. The summed E-state index contributed by atoms with van der Waals surface area (Å²) in [5, 5.41) is 8.01. The number of nitrogens with one attached hydrogen (secondary N) is 1. The standard InChI is InChI=1S/C10H20F3N3O2S/c11-10(12,13)8-16-5-2-9(3-6-16)15-4-1-7-19(14,17)18/h9,15H,1-8H2,(H2,14,17,18). The highest BCUT2D eigenvalue weighted by atomic mass is 32.2. The van der Waals surface area contributed by atoms with Crippen molar-refractivity contribution >= 4 is 10.0 Å². The summed E-state index contributed by atoms with van der Waals surface area (Å²) in [5.74, 6) is -0.0765. The Morgan fingerprint density at radius 3 is 2.32 bits per heavy atom. The molecule has 1 heterocycles. The number of alkyl halides is 3. The van der Waals surface area contributed by atoms with Crippen molar-refractivity contribution in [2.24, 2.45) is 5.14 Å². The molecule has 1 rings (SSSR count). The molecular weight excluding hydrogens is 283 g/mol. The average Bonchev–Trinajstić information content (AvgIpc) is 2.23. The molecule has 0 aliphatic carbocycles. The summed E-state index contributed by atoms with van der Waals surface area (Å²) < 4.78 is 57.9. The number of piperidine rings is 1. The van der Waals surface area contributed by atoms with E-state index in [0.29, 0.717) is 38.9 Å². The number of rotatable bonds is 6. The minimum absolute atomic E-state index is 0.0765. The van der Waals surface area contributed by atoms with Gasteiger partial charge in [0.2, 0.25) is 10.0 Å². The van der Waals surface area contributed by atoms with Crippen molar-refractivity contribution in [1.29, 1.82) is 0 Å². The Kier molecular flexibility index (Phi) is 6.03. The predicted molar refractivity (Wildman–Crippen MR) is 66.1 cm³/mol. The maximum absolute atomic E-state index is 12.2. The predicted octanol–water partition coefficient (Wildman–Crippen LogP) is 0.281. The number of hydrogen-bond acceptors (Lipinski definition) is 4. The zero-order valence-corrected chi connectivity index (χ0v) is 11.4. The van der Waals surface area contributed by atoms with Crippen LogP contribution in [0.3, 0.4) is 0 Å². The van der Waals surface area contributed by atoms with Gasteiger partial charge in [-0.15, -0.1) is 0 Å². The summed E-state index contributed by atoms with van der Waals surface area (Å²) in [4.78, 5) is 1.39. The van der Waals surface area contributed by atoms with Crippen molar-refractivity contribution in [3.05, 3.63) is 0 Å². The zero-order chi connectivity index (χ0) is 14.5. The number of nitrogens with zero attached hydrogens (tertiary/aromatic N) is 1. The Labute approximate surface area is 111 Å². The average molecular weight is 303 g/mol. The molecule has 0 bridgehead atoms. The van der Waals surface area contributed by atoms with Crippen molar-refractivity contribution in [3.8, 4) is 0 Å². The topological polar surface area (TPSA) is 75.4 Å². The molecule has 1 aliphatic heterocycles. The van der Waals surface area contributed by atoms with Gasteiger partial charge in [0.05, 0.1) is 12.3 Å². The molecule has 0 amide bonds. The van der Waals surface area contributed by atoms with Crippen LogP contribution in [0, 0.1) is 0 Å². The fourth-order valence-electron chi connectivity index (χ4n) is 2.13. The third-order valence-electron chi connectivity index (χ3n) is 3.03. The van der Waals surface area contributed by atoms with Crippen LogP contribution in [0.15, 0.2) is 0 Å². The van der Waals surface area contributed by atoms with E-state index in [1.54, 1.807) is 0 Å². The van der Waals surface area contributed by atoms with Gasteiger partial charge in [-0.2, -0.15) is 13.2 Å². The Morgan fingerprint density at radius 1 is 1.26 bits per heavy atom. The van der Waals surface area contributed by atoms with Gasteiger partial charge < -0.3 is 5.32 Å². The first-order valence-electron chi connectivity index (χ1n) is 6.19. The summed E-state index contributed by atoms with van der Waals surface area (Å²) in [6, 6.07) is 0.157. The van der Waals surface area contributed by atoms with Crippen LogP contribution in [0.1, 0.15) is 19.3 Å². The molecule has 0 saturated carbocycles. The number of hydrogen-bond donors (Lipinski definition) is 2. The van der Waals surface area contributed by atoms with Crippen LogP contribution < -0.4 is 10.5 Å². The fourth-order valence-corrected chi connectivity index (χ4v) is 2.67. The van der Waals surface area contributed by atoms with Gasteiger partial charge >= 0.3 is 6.18 Å². The van der Waals surface area contributed by atoms with Gasteiger partial charge in [-0.25, -0.2) is 13.6 Å². The van der Waals surface area contributed by atoms with Crippen LogP contribution >= 0.6 is 0 Å². The summed E-state index contributed by atoms with van der Waals surface area (Å²) in [5.41, 5.74) is 0. The first kappa shape index (κ1) is 16.7. The summed E-state index contributed by atoms with van der Waals surface area (Å²) in [6.07, 6.45) is -2.44. The first-order valence-corrected chi connectivity index (χ1v) is 7.90. The van der Waals surface area contributed by atoms with E-state index in [0.717, 1.165) is 0 Å². The molecule has 0 atom stereocenters. The molecule has 1 aliphatic rings. The molecule has 19 heavy (non-hydrogen) atoms. The van der Waals surface area contributed by atoms with Crippen molar-refractivity contribution < 1.29 is 21.6 Å². The van der Waals surface area contributed by atoms with E-state index in [2.05, 4.69) is 5.32 Å². The van der Waals surface area contributed by atoms with Crippen molar-refractivity contribution in [2.45, 2.75) is 31.5 Å². The van der Waals surface area contributed by atoms with Gasteiger partial charge in [0.15, 0.2) is 0 Å². The molecule has 1 fully saturated rings. The molecule has 0 aromatic heterocycles. The molecule has 0 aromatic rings. The smallest absolute Gasteiger partial charge is 0.314 e. The van der Waals surface area contributed by atoms with Gasteiger partial charge in [-0.05, 0) is 38.9 Å². The second-order valence-corrected chi connectivity index (χ2v) is 6.57. The van der Waals surface area contributed by atoms with E-state index in [1.165, 1.54) is 4.90 Å². The molecule has 0 unspecified atom stereocenters. The maximum atomic E-state index is 12.2. The maximum Gasteiger partial charge on any atom is 0.401 e. The third-order valence-corrected chi connectivity index (χ3v) is 3.89. The van der Waals surface area contributed by atoms with Gasteiger partial charge in [0.25, 0.3) is 0 Å². The van der Waals surface area contributed by atoms with Crippen LogP contribution in [0.5, 0.6) is 0 Å². The molecule has 114 valence electrons. The first-order chi connectivity index (χ1) is 8.66. The largest absolute Gasteiger partial charge is 0.401 e. The second kappa shape index (κ2) is 6.87. The van der Waals surface area contributed by atoms with Gasteiger partial charge in [-0.1, -0.05) is 0 Å². The third kappa shape index (κ3) is 8.40. The number of halogens is 3. The summed E-state index contributed by atoms with van der Waals surface area (Å²) in [6.45, 7) is 0.476. The number of primary sulfonamides is 1. The van der Waals surface area contributed by atoms with E-state index in [-0.39, 0.29) is 11.8 Å². The Hall–Kier alpha value is -0.380. The van der Waals surface area contributed by atoms with Crippen LogP contribution in [0.25, 0.3) is 0 Å². The highest BCUT2D eigenvalue weighted by Crippen LogP contribution is 2.19. The van der Waals surface area contributed by atoms with E-state index in [9.17, 15) is 21.6 Å². The molecule has 5 nitrogen and oxygen atoms in total. The lowest BCUT2D eigenvalue weighted by molar-refractivity contribution is -0.148. The van der Waals surface area contributed by atoms with Crippen LogP contribution in [-0.4, -0.2) is 57.5 Å². The van der Waals surface area contributed by atoms with Crippen molar-refractivity contribution in [3.63, 3.8) is 0 Å². The Bertz CT molecular complexity index is 365. The fraction of sp³-hybridized carbons (Fsp3) is 1.00. The lowest BCUT2D eigenvalue weighted by Crippen LogP contribution is -2.45. The minimum atomic E-state index is -4.14. The zero-order valence-electron chi connectivity index (χ0n) is 10.6. The quantitative estimate of drug-likeness (QED) is 0.691. The normalized spacial score (nSPS) is 19.8. The van der Waals surface area contributed by atoms with Crippen LogP contribution in [0.2, 0.25) is 0 Å². The van der Waals surface area contributed by atoms with E-state index in [1.807, 2.05) is 0 Å². The molecule has 0 aromatic carbocycles. The van der Waals surface area contributed by atoms with Crippen molar-refractivity contribution in [1.82, 2.24) is 10.2 Å². The van der Waals surface area contributed by atoms with Crippen molar-refractivity contribution in [2.75, 3.05) is 31.9 Å². The van der Waals surface area contributed by atoms with E-state index >= 15 is 0 Å². The number of nitrogens with two attached hydrogens (primary N) is 1. The Balaban J connectivity index is 2.13. The summed E-state index contributed by atoms with van der Waals surface area (Å²) in [7, 11) is -3.43. The van der Waals surface area contributed by atoms with E-state index < -0.39 is 22.7 Å².